The van der Waals surface area contributed by atoms with Crippen molar-refractivity contribution in [3.05, 3.63) is 93.9 Å². The van der Waals surface area contributed by atoms with Gasteiger partial charge in [-0.25, -0.2) is 9.96 Å². The van der Waals surface area contributed by atoms with E-state index in [0.29, 0.717) is 10.7 Å². The van der Waals surface area contributed by atoms with E-state index in [0.717, 1.165) is 15.7 Å². The van der Waals surface area contributed by atoms with Gasteiger partial charge in [-0.3, -0.25) is 14.4 Å². The van der Waals surface area contributed by atoms with Crippen LogP contribution in [0.2, 0.25) is 5.02 Å². The van der Waals surface area contributed by atoms with Gasteiger partial charge in [0.1, 0.15) is 5.92 Å². The Morgan fingerprint density at radius 2 is 1.57 bits per heavy atom. The minimum atomic E-state index is -0.902. The number of anilines is 2. The molecule has 0 unspecified atom stereocenters. The SMILES string of the molecule is O=C1[C@@H]2[C@@H](c3cccc(Br)c3)N(c3ccccc3)O[C@H]2C(=O)N1c1cccc(Cl)c1. The third-order valence-electron chi connectivity index (χ3n) is 5.38. The second-order valence-corrected chi connectivity index (χ2v) is 8.56. The molecule has 30 heavy (non-hydrogen) atoms. The van der Waals surface area contributed by atoms with Crippen LogP contribution in [0.15, 0.2) is 83.3 Å². The molecule has 150 valence electrons. The van der Waals surface area contributed by atoms with E-state index in [-0.39, 0.29) is 11.8 Å². The normalized spacial score (nSPS) is 23.2. The van der Waals surface area contributed by atoms with Crippen molar-refractivity contribution >= 4 is 50.7 Å². The van der Waals surface area contributed by atoms with Crippen LogP contribution < -0.4 is 9.96 Å². The molecule has 2 heterocycles. The minimum absolute atomic E-state index is 0.296. The molecule has 0 saturated carbocycles. The summed E-state index contributed by atoms with van der Waals surface area (Å²) in [7, 11) is 0. The molecule has 0 radical (unpaired) electrons. The Morgan fingerprint density at radius 3 is 2.30 bits per heavy atom. The highest BCUT2D eigenvalue weighted by Crippen LogP contribution is 2.47. The highest BCUT2D eigenvalue weighted by molar-refractivity contribution is 9.10. The van der Waals surface area contributed by atoms with Gasteiger partial charge in [-0.05, 0) is 48.0 Å². The second-order valence-electron chi connectivity index (χ2n) is 7.20. The number of rotatable bonds is 3. The summed E-state index contributed by atoms with van der Waals surface area (Å²) in [6.07, 6.45) is -0.902. The van der Waals surface area contributed by atoms with Crippen molar-refractivity contribution in [3.63, 3.8) is 0 Å². The Balaban J connectivity index is 1.60. The molecule has 2 amide bonds. The summed E-state index contributed by atoms with van der Waals surface area (Å²) in [5, 5.41) is 2.14. The van der Waals surface area contributed by atoms with Crippen LogP contribution in [0.3, 0.4) is 0 Å². The Kier molecular flexibility index (Phi) is 4.85. The van der Waals surface area contributed by atoms with Crippen molar-refractivity contribution in [3.8, 4) is 0 Å². The van der Waals surface area contributed by atoms with Gasteiger partial charge < -0.3 is 0 Å². The molecule has 5 rings (SSSR count). The van der Waals surface area contributed by atoms with Crippen LogP contribution in [0, 0.1) is 5.92 Å². The third-order valence-corrected chi connectivity index (χ3v) is 6.11. The van der Waals surface area contributed by atoms with Gasteiger partial charge in [0.05, 0.1) is 17.4 Å². The van der Waals surface area contributed by atoms with E-state index in [4.69, 9.17) is 16.4 Å². The lowest BCUT2D eigenvalue weighted by molar-refractivity contribution is -0.126. The highest BCUT2D eigenvalue weighted by Gasteiger charge is 2.60. The molecule has 3 atom stereocenters. The van der Waals surface area contributed by atoms with E-state index in [1.807, 2.05) is 54.6 Å². The van der Waals surface area contributed by atoms with Crippen LogP contribution in [-0.4, -0.2) is 17.9 Å². The first-order valence-corrected chi connectivity index (χ1v) is 10.6. The van der Waals surface area contributed by atoms with Gasteiger partial charge in [0.25, 0.3) is 5.91 Å². The standard InChI is InChI=1S/C23H16BrClN2O3/c24-15-7-4-6-14(12-15)20-19-21(30-27(20)17-9-2-1-3-10-17)23(29)26(22(19)28)18-11-5-8-16(25)13-18/h1-13,19-21H/t19-,20-,21-/m1/s1. The molecule has 0 aromatic heterocycles. The van der Waals surface area contributed by atoms with Crippen LogP contribution in [0.1, 0.15) is 11.6 Å². The van der Waals surface area contributed by atoms with E-state index >= 15 is 0 Å². The first kappa shape index (κ1) is 19.3. The Bertz CT molecular complexity index is 1140. The number of amides is 2. The molecule has 2 aliphatic heterocycles. The number of carbonyl (C=O) groups excluding carboxylic acids is 2. The number of benzene rings is 3. The zero-order valence-corrected chi connectivity index (χ0v) is 18.0. The molecule has 2 fully saturated rings. The molecule has 0 N–H and O–H groups in total. The molecule has 0 spiro atoms. The van der Waals surface area contributed by atoms with E-state index in [2.05, 4.69) is 15.9 Å². The Labute approximate surface area is 186 Å². The molecular formula is C23H16BrClN2O3. The van der Waals surface area contributed by atoms with Crippen LogP contribution in [0.4, 0.5) is 11.4 Å². The maximum atomic E-state index is 13.5. The number of carbonyl (C=O) groups is 2. The van der Waals surface area contributed by atoms with E-state index in [9.17, 15) is 9.59 Å². The predicted octanol–water partition coefficient (Wildman–Crippen LogP) is 5.15. The van der Waals surface area contributed by atoms with Crippen molar-refractivity contribution in [1.29, 1.82) is 0 Å². The quantitative estimate of drug-likeness (QED) is 0.483. The molecule has 5 nitrogen and oxygen atoms in total. The van der Waals surface area contributed by atoms with Gasteiger partial charge in [0.2, 0.25) is 5.91 Å². The largest absolute Gasteiger partial charge is 0.273 e. The van der Waals surface area contributed by atoms with Gasteiger partial charge in [-0.1, -0.05) is 63.9 Å². The van der Waals surface area contributed by atoms with Gasteiger partial charge in [0.15, 0.2) is 6.10 Å². The molecular weight excluding hydrogens is 468 g/mol. The van der Waals surface area contributed by atoms with Crippen LogP contribution >= 0.6 is 27.5 Å². The number of para-hydroxylation sites is 1. The lowest BCUT2D eigenvalue weighted by atomic mass is 9.90. The monoisotopic (exact) mass is 482 g/mol. The van der Waals surface area contributed by atoms with E-state index in [1.54, 1.807) is 29.3 Å². The van der Waals surface area contributed by atoms with Gasteiger partial charge >= 0.3 is 0 Å². The molecule has 2 saturated heterocycles. The van der Waals surface area contributed by atoms with Gasteiger partial charge in [-0.2, -0.15) is 0 Å². The maximum Gasteiger partial charge on any atom is 0.266 e. The van der Waals surface area contributed by atoms with Crippen molar-refractivity contribution < 1.29 is 14.4 Å². The first-order valence-electron chi connectivity index (χ1n) is 9.44. The second kappa shape index (κ2) is 7.54. The fraction of sp³-hybridized carbons (Fsp3) is 0.130. The third kappa shape index (κ3) is 3.12. The summed E-state index contributed by atoms with van der Waals surface area (Å²) >= 11 is 9.60. The predicted molar refractivity (Wildman–Crippen MR) is 118 cm³/mol. The van der Waals surface area contributed by atoms with Crippen molar-refractivity contribution in [2.75, 3.05) is 9.96 Å². The van der Waals surface area contributed by atoms with Gasteiger partial charge in [-0.15, -0.1) is 0 Å². The Hall–Kier alpha value is -2.67. The summed E-state index contributed by atoms with van der Waals surface area (Å²) in [5.74, 6) is -1.35. The fourth-order valence-electron chi connectivity index (χ4n) is 4.11. The fourth-order valence-corrected chi connectivity index (χ4v) is 4.71. The smallest absolute Gasteiger partial charge is 0.266 e. The molecule has 3 aromatic rings. The van der Waals surface area contributed by atoms with Crippen molar-refractivity contribution in [1.82, 2.24) is 0 Å². The summed E-state index contributed by atoms with van der Waals surface area (Å²) in [4.78, 5) is 34.0. The van der Waals surface area contributed by atoms with E-state index in [1.165, 1.54) is 4.90 Å². The number of halogens is 2. The lowest BCUT2D eigenvalue weighted by Crippen LogP contribution is -2.37. The lowest BCUT2D eigenvalue weighted by Gasteiger charge is -2.28. The zero-order valence-electron chi connectivity index (χ0n) is 15.6. The van der Waals surface area contributed by atoms with Crippen LogP contribution in [0.5, 0.6) is 0 Å². The number of nitrogens with zero attached hydrogens (tertiary/aromatic N) is 2. The summed E-state index contributed by atoms with van der Waals surface area (Å²) in [5.41, 5.74) is 2.12. The topological polar surface area (TPSA) is 49.9 Å². The molecule has 0 bridgehead atoms. The average molecular weight is 484 g/mol. The molecule has 0 aliphatic carbocycles. The summed E-state index contributed by atoms with van der Waals surface area (Å²) < 4.78 is 0.889. The molecule has 3 aromatic carbocycles. The number of fused-ring (bicyclic) bond motifs is 1. The molecule has 2 aliphatic rings. The van der Waals surface area contributed by atoms with Gasteiger partial charge in [0, 0.05) is 9.50 Å². The summed E-state index contributed by atoms with van der Waals surface area (Å²) in [6, 6.07) is 23.5. The van der Waals surface area contributed by atoms with Crippen molar-refractivity contribution in [2.24, 2.45) is 5.92 Å². The maximum absolute atomic E-state index is 13.5. The first-order chi connectivity index (χ1) is 14.5. The average Bonchev–Trinajstić information content (AvgIpc) is 3.25. The highest BCUT2D eigenvalue weighted by atomic mass is 79.9. The van der Waals surface area contributed by atoms with E-state index < -0.39 is 18.1 Å². The zero-order chi connectivity index (χ0) is 20.8. The van der Waals surface area contributed by atoms with Crippen LogP contribution in [0.25, 0.3) is 0 Å². The summed E-state index contributed by atoms with van der Waals surface area (Å²) in [6.45, 7) is 0. The number of hydrogen-bond donors (Lipinski definition) is 0. The number of hydroxylamine groups is 1. The minimum Gasteiger partial charge on any atom is -0.273 e. The Morgan fingerprint density at radius 1 is 0.833 bits per heavy atom. The number of hydrogen-bond acceptors (Lipinski definition) is 4. The number of imide groups is 1. The van der Waals surface area contributed by atoms with Crippen LogP contribution in [-0.2, 0) is 14.4 Å². The van der Waals surface area contributed by atoms with Crippen molar-refractivity contribution in [2.45, 2.75) is 12.1 Å². The molecule has 7 heteroatoms.